The Balaban J connectivity index is 2.19. The van der Waals surface area contributed by atoms with Crippen molar-refractivity contribution in [3.63, 3.8) is 0 Å². The predicted molar refractivity (Wildman–Crippen MR) is 84.5 cm³/mol. The van der Waals surface area contributed by atoms with E-state index >= 15 is 0 Å². The van der Waals surface area contributed by atoms with Crippen LogP contribution in [0.25, 0.3) is 0 Å². The van der Waals surface area contributed by atoms with E-state index in [9.17, 15) is 4.39 Å². The summed E-state index contributed by atoms with van der Waals surface area (Å²) in [5, 5.41) is 0.849. The van der Waals surface area contributed by atoms with E-state index in [2.05, 4.69) is 0 Å². The Morgan fingerprint density at radius 3 is 2.57 bits per heavy atom. The summed E-state index contributed by atoms with van der Waals surface area (Å²) in [6.07, 6.45) is 0.660. The molecule has 2 aromatic rings. The second kappa shape index (κ2) is 7.12. The van der Waals surface area contributed by atoms with E-state index in [1.807, 2.05) is 19.1 Å². The van der Waals surface area contributed by atoms with Gasteiger partial charge in [0.2, 0.25) is 0 Å². The summed E-state index contributed by atoms with van der Waals surface area (Å²) in [5.74, 6) is 0.219. The zero-order valence-corrected chi connectivity index (χ0v) is 13.1. The summed E-state index contributed by atoms with van der Waals surface area (Å²) in [4.78, 5) is 0. The standard InChI is InChI=1S/C16H16Cl2FNO/c1-10(20)7-11-3-2-4-14(17)16(11)21-9-12-5-6-13(19)8-15(12)18/h2-6,8,10H,7,9,20H2,1H3. The number of hydrogen-bond acceptors (Lipinski definition) is 2. The van der Waals surface area contributed by atoms with Crippen LogP contribution in [0.5, 0.6) is 5.75 Å². The molecule has 2 nitrogen and oxygen atoms in total. The molecule has 0 saturated heterocycles. The molecule has 21 heavy (non-hydrogen) atoms. The zero-order valence-electron chi connectivity index (χ0n) is 11.6. The topological polar surface area (TPSA) is 35.2 Å². The monoisotopic (exact) mass is 327 g/mol. The summed E-state index contributed by atoms with van der Waals surface area (Å²) in [5.41, 5.74) is 7.47. The first-order valence-corrected chi connectivity index (χ1v) is 7.32. The van der Waals surface area contributed by atoms with Gasteiger partial charge in [-0.05, 0) is 37.1 Å². The van der Waals surface area contributed by atoms with Gasteiger partial charge in [-0.15, -0.1) is 0 Å². The van der Waals surface area contributed by atoms with Gasteiger partial charge in [0.1, 0.15) is 18.2 Å². The van der Waals surface area contributed by atoms with Crippen molar-refractivity contribution >= 4 is 23.2 Å². The molecule has 0 bridgehead atoms. The molecule has 2 aromatic carbocycles. The first-order valence-electron chi connectivity index (χ1n) is 6.57. The maximum absolute atomic E-state index is 13.0. The van der Waals surface area contributed by atoms with E-state index in [-0.39, 0.29) is 18.5 Å². The van der Waals surface area contributed by atoms with E-state index in [1.165, 1.54) is 12.1 Å². The third kappa shape index (κ3) is 4.34. The van der Waals surface area contributed by atoms with Crippen LogP contribution in [0, 0.1) is 5.82 Å². The lowest BCUT2D eigenvalue weighted by Gasteiger charge is -2.15. The van der Waals surface area contributed by atoms with Gasteiger partial charge in [0.25, 0.3) is 0 Å². The van der Waals surface area contributed by atoms with Crippen LogP contribution in [0.2, 0.25) is 10.0 Å². The quantitative estimate of drug-likeness (QED) is 0.870. The summed E-state index contributed by atoms with van der Waals surface area (Å²) >= 11 is 12.2. The van der Waals surface area contributed by atoms with Crippen molar-refractivity contribution in [2.24, 2.45) is 5.73 Å². The largest absolute Gasteiger partial charge is 0.487 e. The van der Waals surface area contributed by atoms with Gasteiger partial charge in [-0.25, -0.2) is 4.39 Å². The van der Waals surface area contributed by atoms with Gasteiger partial charge in [0.05, 0.1) is 10.0 Å². The maximum Gasteiger partial charge on any atom is 0.141 e. The number of nitrogens with two attached hydrogens (primary N) is 1. The molecule has 112 valence electrons. The number of halogens is 3. The van der Waals surface area contributed by atoms with E-state index < -0.39 is 0 Å². The highest BCUT2D eigenvalue weighted by Crippen LogP contribution is 2.31. The summed E-state index contributed by atoms with van der Waals surface area (Å²) in [6.45, 7) is 2.14. The van der Waals surface area contributed by atoms with Crippen molar-refractivity contribution in [1.29, 1.82) is 0 Å². The molecule has 1 unspecified atom stereocenters. The number of hydrogen-bond donors (Lipinski definition) is 1. The van der Waals surface area contributed by atoms with Gasteiger partial charge < -0.3 is 10.5 Å². The molecular formula is C16H16Cl2FNO. The van der Waals surface area contributed by atoms with Crippen LogP contribution < -0.4 is 10.5 Å². The highest BCUT2D eigenvalue weighted by Gasteiger charge is 2.11. The Kier molecular flexibility index (Phi) is 5.45. The maximum atomic E-state index is 13.0. The smallest absolute Gasteiger partial charge is 0.141 e. The molecule has 0 amide bonds. The minimum absolute atomic E-state index is 0.000209. The highest BCUT2D eigenvalue weighted by molar-refractivity contribution is 6.32. The molecule has 0 radical (unpaired) electrons. The van der Waals surface area contributed by atoms with Crippen molar-refractivity contribution in [3.8, 4) is 5.75 Å². The molecule has 0 fully saturated rings. The van der Waals surface area contributed by atoms with Crippen LogP contribution in [0.15, 0.2) is 36.4 Å². The van der Waals surface area contributed by atoms with Crippen molar-refractivity contribution in [3.05, 3.63) is 63.4 Å². The van der Waals surface area contributed by atoms with Crippen LogP contribution in [-0.2, 0) is 13.0 Å². The van der Waals surface area contributed by atoms with Crippen LogP contribution in [0.4, 0.5) is 4.39 Å². The van der Waals surface area contributed by atoms with Crippen molar-refractivity contribution < 1.29 is 9.13 Å². The Morgan fingerprint density at radius 2 is 1.90 bits per heavy atom. The van der Waals surface area contributed by atoms with E-state index in [0.29, 0.717) is 27.8 Å². The lowest BCUT2D eigenvalue weighted by Crippen LogP contribution is -2.18. The van der Waals surface area contributed by atoms with Crippen LogP contribution in [-0.4, -0.2) is 6.04 Å². The van der Waals surface area contributed by atoms with Crippen molar-refractivity contribution in [2.45, 2.75) is 26.0 Å². The zero-order chi connectivity index (χ0) is 15.4. The third-order valence-electron chi connectivity index (χ3n) is 2.98. The van der Waals surface area contributed by atoms with Crippen LogP contribution in [0.1, 0.15) is 18.1 Å². The minimum Gasteiger partial charge on any atom is -0.487 e. The van der Waals surface area contributed by atoms with Gasteiger partial charge in [-0.3, -0.25) is 0 Å². The van der Waals surface area contributed by atoms with Crippen LogP contribution in [0.3, 0.4) is 0 Å². The third-order valence-corrected chi connectivity index (χ3v) is 3.63. The molecule has 0 aromatic heterocycles. The molecule has 1 atom stereocenters. The highest BCUT2D eigenvalue weighted by atomic mass is 35.5. The van der Waals surface area contributed by atoms with E-state index in [1.54, 1.807) is 12.1 Å². The normalized spacial score (nSPS) is 12.2. The lowest BCUT2D eigenvalue weighted by atomic mass is 10.1. The van der Waals surface area contributed by atoms with Crippen LogP contribution >= 0.6 is 23.2 Å². The van der Waals surface area contributed by atoms with Gasteiger partial charge in [-0.1, -0.05) is 41.4 Å². The van der Waals surface area contributed by atoms with Crippen molar-refractivity contribution in [1.82, 2.24) is 0 Å². The fourth-order valence-electron chi connectivity index (χ4n) is 2.01. The molecule has 0 saturated carbocycles. The first-order chi connectivity index (χ1) is 9.97. The average Bonchev–Trinajstić information content (AvgIpc) is 2.39. The minimum atomic E-state index is -0.376. The summed E-state index contributed by atoms with van der Waals surface area (Å²) in [6, 6.07) is 9.75. The first kappa shape index (κ1) is 16.1. The molecule has 0 heterocycles. The molecule has 0 aliphatic rings. The molecule has 0 aliphatic carbocycles. The van der Waals surface area contributed by atoms with Gasteiger partial charge >= 0.3 is 0 Å². The molecule has 2 N–H and O–H groups in total. The average molecular weight is 328 g/mol. The Hall–Kier alpha value is -1.29. The van der Waals surface area contributed by atoms with Gasteiger partial charge in [0.15, 0.2) is 0 Å². The summed E-state index contributed by atoms with van der Waals surface area (Å²) in [7, 11) is 0. The Morgan fingerprint density at radius 1 is 1.14 bits per heavy atom. The van der Waals surface area contributed by atoms with Gasteiger partial charge in [-0.2, -0.15) is 0 Å². The predicted octanol–water partition coefficient (Wildman–Crippen LogP) is 4.60. The lowest BCUT2D eigenvalue weighted by molar-refractivity contribution is 0.302. The molecule has 0 spiro atoms. The Labute approximate surface area is 133 Å². The fourth-order valence-corrected chi connectivity index (χ4v) is 2.48. The molecule has 2 rings (SSSR count). The molecule has 5 heteroatoms. The molecule has 0 aliphatic heterocycles. The summed E-state index contributed by atoms with van der Waals surface area (Å²) < 4.78 is 18.8. The van der Waals surface area contributed by atoms with Gasteiger partial charge in [0, 0.05) is 11.6 Å². The Bertz CT molecular complexity index is 632. The SMILES string of the molecule is CC(N)Cc1cccc(Cl)c1OCc1ccc(F)cc1Cl. The van der Waals surface area contributed by atoms with E-state index in [4.69, 9.17) is 33.7 Å². The number of benzene rings is 2. The fraction of sp³-hybridized carbons (Fsp3) is 0.250. The number of ether oxygens (including phenoxy) is 1. The second-order valence-corrected chi connectivity index (χ2v) is 5.75. The number of rotatable bonds is 5. The van der Waals surface area contributed by atoms with Crippen molar-refractivity contribution in [2.75, 3.05) is 0 Å². The molecular weight excluding hydrogens is 312 g/mol. The van der Waals surface area contributed by atoms with E-state index in [0.717, 1.165) is 5.56 Å². The second-order valence-electron chi connectivity index (χ2n) is 4.93. The number of para-hydroxylation sites is 1.